The lowest BCUT2D eigenvalue weighted by Gasteiger charge is -2.31. The van der Waals surface area contributed by atoms with Gasteiger partial charge in [-0.15, -0.1) is 0 Å². The van der Waals surface area contributed by atoms with Crippen LogP contribution in [-0.2, 0) is 21.9 Å². The second-order valence-electron chi connectivity index (χ2n) is 8.35. The smallest absolute Gasteiger partial charge is 0.242 e. The van der Waals surface area contributed by atoms with Gasteiger partial charge in [-0.3, -0.25) is 9.59 Å². The van der Waals surface area contributed by atoms with E-state index in [0.29, 0.717) is 12.2 Å². The van der Waals surface area contributed by atoms with E-state index in [2.05, 4.69) is 17.4 Å². The van der Waals surface area contributed by atoms with Crippen molar-refractivity contribution in [3.05, 3.63) is 71.5 Å². The lowest BCUT2D eigenvalue weighted by Crippen LogP contribution is -2.52. The molecule has 0 aliphatic rings. The molecule has 0 aliphatic heterocycles. The minimum Gasteiger partial charge on any atom is -0.350 e. The van der Waals surface area contributed by atoms with Crippen LogP contribution in [0.25, 0.3) is 0 Å². The van der Waals surface area contributed by atoms with Gasteiger partial charge in [-0.05, 0) is 51.0 Å². The highest BCUT2D eigenvalue weighted by Gasteiger charge is 2.28. The third kappa shape index (κ3) is 8.19. The van der Waals surface area contributed by atoms with E-state index in [9.17, 15) is 14.0 Å². The van der Waals surface area contributed by atoms with E-state index in [1.165, 1.54) is 17.7 Å². The molecule has 0 fully saturated rings. The van der Waals surface area contributed by atoms with Crippen molar-refractivity contribution in [2.75, 3.05) is 5.75 Å². The number of hydrogen-bond acceptors (Lipinski definition) is 3. The number of carbonyl (C=O) groups excluding carboxylic acids is 2. The van der Waals surface area contributed by atoms with Crippen molar-refractivity contribution in [1.82, 2.24) is 10.2 Å². The molecule has 2 amide bonds. The molecule has 0 radical (unpaired) electrons. The Morgan fingerprint density at radius 2 is 1.67 bits per heavy atom. The highest BCUT2D eigenvalue weighted by Crippen LogP contribution is 2.16. The van der Waals surface area contributed by atoms with Crippen LogP contribution < -0.4 is 5.32 Å². The Balaban J connectivity index is 2.02. The van der Waals surface area contributed by atoms with Crippen molar-refractivity contribution < 1.29 is 14.0 Å². The zero-order chi connectivity index (χ0) is 22.1. The quantitative estimate of drug-likeness (QED) is 0.583. The molecule has 2 aromatic carbocycles. The van der Waals surface area contributed by atoms with E-state index >= 15 is 0 Å². The molecule has 30 heavy (non-hydrogen) atoms. The molecule has 0 saturated heterocycles. The fourth-order valence-corrected chi connectivity index (χ4v) is 3.80. The standard InChI is InChI=1S/C24H31FN2O2S/c1-18(23(29)26-24(2,3)4)27(16-19-10-12-21(25)13-11-19)22(28)14-15-30-17-20-8-6-5-7-9-20/h5-13,18H,14-17H2,1-4H3,(H,26,29)/t18-/m1/s1. The molecule has 0 heterocycles. The van der Waals surface area contributed by atoms with Gasteiger partial charge in [0.25, 0.3) is 0 Å². The fraction of sp³-hybridized carbons (Fsp3) is 0.417. The van der Waals surface area contributed by atoms with E-state index in [1.54, 1.807) is 35.7 Å². The van der Waals surface area contributed by atoms with Crippen LogP contribution in [0.15, 0.2) is 54.6 Å². The van der Waals surface area contributed by atoms with Gasteiger partial charge in [0.2, 0.25) is 11.8 Å². The molecular weight excluding hydrogens is 399 g/mol. The van der Waals surface area contributed by atoms with Gasteiger partial charge in [-0.1, -0.05) is 42.5 Å². The Morgan fingerprint density at radius 3 is 2.27 bits per heavy atom. The normalized spacial score (nSPS) is 12.3. The lowest BCUT2D eigenvalue weighted by atomic mass is 10.1. The lowest BCUT2D eigenvalue weighted by molar-refractivity contribution is -0.140. The largest absolute Gasteiger partial charge is 0.350 e. The van der Waals surface area contributed by atoms with Crippen molar-refractivity contribution in [1.29, 1.82) is 0 Å². The number of nitrogens with one attached hydrogen (secondary N) is 1. The summed E-state index contributed by atoms with van der Waals surface area (Å²) in [7, 11) is 0. The molecule has 0 saturated carbocycles. The van der Waals surface area contributed by atoms with Gasteiger partial charge >= 0.3 is 0 Å². The van der Waals surface area contributed by atoms with Gasteiger partial charge in [0.15, 0.2) is 0 Å². The first-order valence-electron chi connectivity index (χ1n) is 10.1. The molecule has 0 aliphatic carbocycles. The maximum absolute atomic E-state index is 13.3. The van der Waals surface area contributed by atoms with Crippen LogP contribution in [0.2, 0.25) is 0 Å². The molecular formula is C24H31FN2O2S. The minimum absolute atomic E-state index is 0.0866. The van der Waals surface area contributed by atoms with E-state index in [0.717, 1.165) is 11.3 Å². The van der Waals surface area contributed by atoms with Gasteiger partial charge in [0, 0.05) is 30.0 Å². The van der Waals surface area contributed by atoms with Gasteiger partial charge < -0.3 is 10.2 Å². The summed E-state index contributed by atoms with van der Waals surface area (Å²) in [6.45, 7) is 7.72. The number of thioether (sulfide) groups is 1. The van der Waals surface area contributed by atoms with Crippen LogP contribution in [0, 0.1) is 5.82 Å². The Labute approximate surface area is 183 Å². The van der Waals surface area contributed by atoms with Crippen LogP contribution in [0.5, 0.6) is 0 Å². The Hall–Kier alpha value is -2.34. The van der Waals surface area contributed by atoms with E-state index in [4.69, 9.17) is 0 Å². The number of benzene rings is 2. The molecule has 0 unspecified atom stereocenters. The second-order valence-corrected chi connectivity index (χ2v) is 9.46. The summed E-state index contributed by atoms with van der Waals surface area (Å²) in [5.41, 5.74) is 1.62. The van der Waals surface area contributed by atoms with Crippen LogP contribution in [0.1, 0.15) is 45.2 Å². The van der Waals surface area contributed by atoms with E-state index in [-0.39, 0.29) is 29.7 Å². The van der Waals surface area contributed by atoms with E-state index < -0.39 is 6.04 Å². The summed E-state index contributed by atoms with van der Waals surface area (Å²) in [5.74, 6) is 0.895. The van der Waals surface area contributed by atoms with Gasteiger partial charge in [0.1, 0.15) is 11.9 Å². The average Bonchev–Trinajstić information content (AvgIpc) is 2.69. The van der Waals surface area contributed by atoms with Gasteiger partial charge in [-0.25, -0.2) is 4.39 Å². The number of carbonyl (C=O) groups is 2. The van der Waals surface area contributed by atoms with Crippen molar-refractivity contribution in [3.8, 4) is 0 Å². The molecule has 2 rings (SSSR count). The number of halogens is 1. The van der Waals surface area contributed by atoms with Crippen LogP contribution in [0.3, 0.4) is 0 Å². The summed E-state index contributed by atoms with van der Waals surface area (Å²) in [4.78, 5) is 27.3. The Bertz CT molecular complexity index is 819. The first-order chi connectivity index (χ1) is 14.2. The highest BCUT2D eigenvalue weighted by atomic mass is 32.2. The van der Waals surface area contributed by atoms with Crippen molar-refractivity contribution in [2.24, 2.45) is 0 Å². The topological polar surface area (TPSA) is 49.4 Å². The second kappa shape index (κ2) is 11.2. The van der Waals surface area contributed by atoms with Crippen molar-refractivity contribution in [2.45, 2.75) is 58.0 Å². The van der Waals surface area contributed by atoms with E-state index in [1.807, 2.05) is 39.0 Å². The Morgan fingerprint density at radius 1 is 1.03 bits per heavy atom. The predicted molar refractivity (Wildman–Crippen MR) is 122 cm³/mol. The van der Waals surface area contributed by atoms with Gasteiger partial charge in [-0.2, -0.15) is 11.8 Å². The molecule has 0 spiro atoms. The molecule has 6 heteroatoms. The molecule has 1 atom stereocenters. The van der Waals surface area contributed by atoms with Crippen LogP contribution in [0.4, 0.5) is 4.39 Å². The molecule has 0 aromatic heterocycles. The fourth-order valence-electron chi connectivity index (χ4n) is 2.91. The maximum atomic E-state index is 13.3. The number of nitrogens with zero attached hydrogens (tertiary/aromatic N) is 1. The average molecular weight is 431 g/mol. The summed E-state index contributed by atoms with van der Waals surface area (Å²) in [6, 6.07) is 15.5. The summed E-state index contributed by atoms with van der Waals surface area (Å²) in [6.07, 6.45) is 0.339. The zero-order valence-electron chi connectivity index (χ0n) is 18.2. The van der Waals surface area contributed by atoms with Crippen LogP contribution >= 0.6 is 11.8 Å². The van der Waals surface area contributed by atoms with Crippen LogP contribution in [-0.4, -0.2) is 34.0 Å². The first-order valence-corrected chi connectivity index (χ1v) is 11.3. The first kappa shape index (κ1) is 23.9. The molecule has 1 N–H and O–H groups in total. The summed E-state index contributed by atoms with van der Waals surface area (Å²) in [5, 5.41) is 2.94. The summed E-state index contributed by atoms with van der Waals surface area (Å²) < 4.78 is 13.3. The minimum atomic E-state index is -0.624. The zero-order valence-corrected chi connectivity index (χ0v) is 19.0. The van der Waals surface area contributed by atoms with Crippen molar-refractivity contribution >= 4 is 23.6 Å². The summed E-state index contributed by atoms with van der Waals surface area (Å²) >= 11 is 1.69. The molecule has 4 nitrogen and oxygen atoms in total. The SMILES string of the molecule is C[C@H](C(=O)NC(C)(C)C)N(Cc1ccc(F)cc1)C(=O)CCSCc1ccccc1. The third-order valence-corrected chi connectivity index (χ3v) is 5.53. The predicted octanol–water partition coefficient (Wildman–Crippen LogP) is 4.78. The number of amides is 2. The molecule has 2 aromatic rings. The number of rotatable bonds is 9. The van der Waals surface area contributed by atoms with Crippen molar-refractivity contribution in [3.63, 3.8) is 0 Å². The number of hydrogen-bond donors (Lipinski definition) is 1. The van der Waals surface area contributed by atoms with Gasteiger partial charge in [0.05, 0.1) is 0 Å². The Kier molecular flexibility index (Phi) is 8.90. The third-order valence-electron chi connectivity index (χ3n) is 4.50. The monoisotopic (exact) mass is 430 g/mol. The highest BCUT2D eigenvalue weighted by molar-refractivity contribution is 7.98. The molecule has 0 bridgehead atoms. The maximum Gasteiger partial charge on any atom is 0.242 e. The molecule has 162 valence electrons.